The monoisotopic (exact) mass is 396 g/mol. The predicted octanol–water partition coefficient (Wildman–Crippen LogP) is 2.53. The number of rotatable bonds is 8. The van der Waals surface area contributed by atoms with Crippen molar-refractivity contribution in [2.24, 2.45) is 0 Å². The van der Waals surface area contributed by atoms with Gasteiger partial charge in [0.25, 0.3) is 0 Å². The van der Waals surface area contributed by atoms with Gasteiger partial charge in [0.1, 0.15) is 5.75 Å². The van der Waals surface area contributed by atoms with E-state index >= 15 is 0 Å². The number of likely N-dealkylation sites (N-methyl/N-ethyl adjacent to an activating group) is 1. The molecule has 2 amide bonds. The van der Waals surface area contributed by atoms with Gasteiger partial charge < -0.3 is 20.3 Å². The molecule has 1 aliphatic heterocycles. The number of methoxy groups -OCH3 is 1. The molecule has 1 saturated heterocycles. The lowest BCUT2D eigenvalue weighted by molar-refractivity contribution is 0.111. The Morgan fingerprint density at radius 2 is 1.69 bits per heavy atom. The molecule has 1 fully saturated rings. The Morgan fingerprint density at radius 3 is 2.41 bits per heavy atom. The quantitative estimate of drug-likeness (QED) is 0.720. The highest BCUT2D eigenvalue weighted by molar-refractivity contribution is 5.73. The van der Waals surface area contributed by atoms with Gasteiger partial charge in [-0.15, -0.1) is 0 Å². The number of para-hydroxylation sites is 1. The van der Waals surface area contributed by atoms with Gasteiger partial charge >= 0.3 is 6.03 Å². The number of piperazine rings is 1. The zero-order valence-electron chi connectivity index (χ0n) is 17.4. The fourth-order valence-corrected chi connectivity index (χ4v) is 3.74. The highest BCUT2D eigenvalue weighted by Crippen LogP contribution is 2.21. The van der Waals surface area contributed by atoms with Crippen LogP contribution in [-0.2, 0) is 6.42 Å². The Morgan fingerprint density at radius 1 is 1.00 bits per heavy atom. The molecule has 1 unspecified atom stereocenters. The minimum Gasteiger partial charge on any atom is -0.496 e. The van der Waals surface area contributed by atoms with Crippen molar-refractivity contribution in [1.29, 1.82) is 0 Å². The van der Waals surface area contributed by atoms with E-state index in [1.54, 1.807) is 7.11 Å². The zero-order valence-corrected chi connectivity index (χ0v) is 17.4. The van der Waals surface area contributed by atoms with Crippen molar-refractivity contribution in [3.05, 3.63) is 65.7 Å². The molecule has 1 atom stereocenters. The molecule has 2 N–H and O–H groups in total. The average molecular weight is 397 g/mol. The van der Waals surface area contributed by atoms with Gasteiger partial charge in [0.15, 0.2) is 0 Å². The third-order valence-corrected chi connectivity index (χ3v) is 5.49. The molecule has 1 heterocycles. The maximum Gasteiger partial charge on any atom is 0.314 e. The van der Waals surface area contributed by atoms with E-state index in [9.17, 15) is 4.79 Å². The summed E-state index contributed by atoms with van der Waals surface area (Å²) in [6, 6.07) is 18.4. The highest BCUT2D eigenvalue weighted by Gasteiger charge is 2.24. The molecule has 0 aromatic heterocycles. The average Bonchev–Trinajstić information content (AvgIpc) is 2.76. The summed E-state index contributed by atoms with van der Waals surface area (Å²) < 4.78 is 5.37. The van der Waals surface area contributed by atoms with E-state index in [-0.39, 0.29) is 12.1 Å². The van der Waals surface area contributed by atoms with Crippen molar-refractivity contribution in [2.75, 3.05) is 53.4 Å². The fraction of sp³-hybridized carbons (Fsp3) is 0.435. The summed E-state index contributed by atoms with van der Waals surface area (Å²) in [5, 5.41) is 6.03. The van der Waals surface area contributed by atoms with Crippen LogP contribution in [0.15, 0.2) is 54.6 Å². The van der Waals surface area contributed by atoms with Gasteiger partial charge in [0.2, 0.25) is 0 Å². The number of carbonyl (C=O) groups excluding carboxylic acids is 1. The Kier molecular flexibility index (Phi) is 7.90. The molecule has 2 aromatic carbocycles. The van der Waals surface area contributed by atoms with Crippen molar-refractivity contribution in [3.63, 3.8) is 0 Å². The molecule has 156 valence electrons. The molecule has 29 heavy (non-hydrogen) atoms. The lowest BCUT2D eigenvalue weighted by Gasteiger charge is -2.38. The Bertz CT molecular complexity index is 760. The topological polar surface area (TPSA) is 56.8 Å². The first-order valence-corrected chi connectivity index (χ1v) is 10.3. The van der Waals surface area contributed by atoms with Gasteiger partial charge in [0.05, 0.1) is 13.2 Å². The number of nitrogens with one attached hydrogen (secondary N) is 2. The summed E-state index contributed by atoms with van der Waals surface area (Å²) in [4.78, 5) is 17.2. The Hall–Kier alpha value is -2.57. The fourth-order valence-electron chi connectivity index (χ4n) is 3.74. The van der Waals surface area contributed by atoms with Crippen LogP contribution in [0, 0.1) is 0 Å². The van der Waals surface area contributed by atoms with Gasteiger partial charge in [-0.25, -0.2) is 4.79 Å². The van der Waals surface area contributed by atoms with Crippen molar-refractivity contribution in [1.82, 2.24) is 20.4 Å². The van der Waals surface area contributed by atoms with E-state index in [0.717, 1.165) is 43.9 Å². The van der Waals surface area contributed by atoms with Crippen LogP contribution >= 0.6 is 0 Å². The van der Waals surface area contributed by atoms with Crippen LogP contribution in [0.5, 0.6) is 5.75 Å². The van der Waals surface area contributed by atoms with E-state index in [2.05, 4.69) is 51.7 Å². The summed E-state index contributed by atoms with van der Waals surface area (Å²) in [5.41, 5.74) is 2.33. The van der Waals surface area contributed by atoms with E-state index in [1.165, 1.54) is 5.56 Å². The van der Waals surface area contributed by atoms with Crippen molar-refractivity contribution < 1.29 is 9.53 Å². The van der Waals surface area contributed by atoms with Gasteiger partial charge in [-0.3, -0.25) is 4.90 Å². The van der Waals surface area contributed by atoms with E-state index < -0.39 is 0 Å². The maximum atomic E-state index is 12.4. The largest absolute Gasteiger partial charge is 0.496 e. The summed E-state index contributed by atoms with van der Waals surface area (Å²) in [7, 11) is 3.82. The van der Waals surface area contributed by atoms with Gasteiger partial charge in [-0.05, 0) is 30.7 Å². The number of hydrogen-bond donors (Lipinski definition) is 2. The van der Waals surface area contributed by atoms with Crippen LogP contribution in [0.25, 0.3) is 0 Å². The number of nitrogens with zero attached hydrogens (tertiary/aromatic N) is 2. The molecular weight excluding hydrogens is 364 g/mol. The Balaban J connectivity index is 1.51. The van der Waals surface area contributed by atoms with E-state index in [0.29, 0.717) is 13.1 Å². The van der Waals surface area contributed by atoms with Gasteiger partial charge in [0, 0.05) is 39.3 Å². The van der Waals surface area contributed by atoms with Crippen LogP contribution in [0.2, 0.25) is 0 Å². The van der Waals surface area contributed by atoms with Crippen molar-refractivity contribution in [3.8, 4) is 5.75 Å². The maximum absolute atomic E-state index is 12.4. The molecule has 0 aliphatic carbocycles. The molecule has 0 radical (unpaired) electrons. The smallest absolute Gasteiger partial charge is 0.314 e. The SMILES string of the molecule is COc1ccccc1CCNC(=O)NCC(c1ccccc1)N1CCN(C)CC1. The number of hydrogen-bond acceptors (Lipinski definition) is 4. The van der Waals surface area contributed by atoms with Crippen LogP contribution in [0.1, 0.15) is 17.2 Å². The molecule has 0 spiro atoms. The minimum absolute atomic E-state index is 0.130. The molecule has 6 nitrogen and oxygen atoms in total. The van der Waals surface area contributed by atoms with Gasteiger partial charge in [-0.1, -0.05) is 48.5 Å². The normalized spacial score (nSPS) is 16.2. The first kappa shape index (κ1) is 21.1. The number of urea groups is 1. The zero-order chi connectivity index (χ0) is 20.5. The lowest BCUT2D eigenvalue weighted by Crippen LogP contribution is -2.49. The predicted molar refractivity (Wildman–Crippen MR) is 116 cm³/mol. The van der Waals surface area contributed by atoms with Crippen LogP contribution in [0.3, 0.4) is 0 Å². The highest BCUT2D eigenvalue weighted by atomic mass is 16.5. The van der Waals surface area contributed by atoms with Crippen molar-refractivity contribution in [2.45, 2.75) is 12.5 Å². The van der Waals surface area contributed by atoms with E-state index in [1.807, 2.05) is 30.3 Å². The minimum atomic E-state index is -0.130. The van der Waals surface area contributed by atoms with E-state index in [4.69, 9.17) is 4.74 Å². The standard InChI is InChI=1S/C23H32N4O2/c1-26-14-16-27(17-15-26)21(19-8-4-3-5-9-19)18-25-23(28)24-13-12-20-10-6-7-11-22(20)29-2/h3-11,21H,12-18H2,1-2H3,(H2,24,25,28). The van der Waals surface area contributed by atoms with Crippen LogP contribution < -0.4 is 15.4 Å². The van der Waals surface area contributed by atoms with Crippen molar-refractivity contribution >= 4 is 6.03 Å². The second-order valence-corrected chi connectivity index (χ2v) is 7.46. The first-order valence-electron chi connectivity index (χ1n) is 10.3. The second-order valence-electron chi connectivity index (χ2n) is 7.46. The molecule has 3 rings (SSSR count). The number of carbonyl (C=O) groups is 1. The van der Waals surface area contributed by atoms with Crippen LogP contribution in [0.4, 0.5) is 4.79 Å². The molecular formula is C23H32N4O2. The summed E-state index contributed by atoms with van der Waals surface area (Å²) in [6.45, 7) is 5.27. The number of ether oxygens (including phenoxy) is 1. The van der Waals surface area contributed by atoms with Crippen LogP contribution in [-0.4, -0.2) is 69.3 Å². The molecule has 0 saturated carbocycles. The molecule has 1 aliphatic rings. The van der Waals surface area contributed by atoms with Gasteiger partial charge in [-0.2, -0.15) is 0 Å². The third kappa shape index (κ3) is 6.21. The summed E-state index contributed by atoms with van der Waals surface area (Å²) in [6.07, 6.45) is 0.734. The summed E-state index contributed by atoms with van der Waals surface area (Å²) in [5.74, 6) is 0.855. The third-order valence-electron chi connectivity index (χ3n) is 5.49. The second kappa shape index (κ2) is 10.8. The lowest BCUT2D eigenvalue weighted by atomic mass is 10.0. The molecule has 0 bridgehead atoms. The Labute approximate surface area is 173 Å². The molecule has 6 heteroatoms. The first-order chi connectivity index (χ1) is 14.2. The molecule has 2 aromatic rings. The number of amides is 2. The number of benzene rings is 2. The summed E-state index contributed by atoms with van der Waals surface area (Å²) >= 11 is 0.